The van der Waals surface area contributed by atoms with E-state index in [1.54, 1.807) is 22.5 Å². The summed E-state index contributed by atoms with van der Waals surface area (Å²) in [5, 5.41) is 0. The molecular formula is C20H27N9O2. The van der Waals surface area contributed by atoms with E-state index >= 15 is 0 Å². The zero-order valence-electron chi connectivity index (χ0n) is 18.1. The monoisotopic (exact) mass is 425 g/mol. The normalized spacial score (nSPS) is 11.7. The minimum absolute atomic E-state index is 0.284. The largest absolute Gasteiger partial charge is 0.382 e. The molecule has 0 bridgehead atoms. The van der Waals surface area contributed by atoms with Crippen molar-refractivity contribution in [3.05, 3.63) is 39.3 Å². The number of nitrogens with two attached hydrogens (primary N) is 1. The molecule has 0 saturated heterocycles. The number of imidazole rings is 2. The van der Waals surface area contributed by atoms with Crippen molar-refractivity contribution in [2.75, 3.05) is 5.73 Å². The van der Waals surface area contributed by atoms with E-state index in [4.69, 9.17) is 5.73 Å². The average Bonchev–Trinajstić information content (AvgIpc) is 3.29. The van der Waals surface area contributed by atoms with E-state index in [0.29, 0.717) is 53.5 Å². The Morgan fingerprint density at radius 1 is 0.968 bits per heavy atom. The first kappa shape index (κ1) is 20.8. The number of nitrogens with zero attached hydrogens (tertiary/aromatic N) is 8. The maximum Gasteiger partial charge on any atom is 0.332 e. The summed E-state index contributed by atoms with van der Waals surface area (Å²) >= 11 is 0. The van der Waals surface area contributed by atoms with Gasteiger partial charge in [0.2, 0.25) is 0 Å². The third-order valence-electron chi connectivity index (χ3n) is 5.66. The van der Waals surface area contributed by atoms with Crippen LogP contribution in [0.2, 0.25) is 0 Å². The van der Waals surface area contributed by atoms with Gasteiger partial charge in [0.15, 0.2) is 22.6 Å². The summed E-state index contributed by atoms with van der Waals surface area (Å²) in [6.07, 6.45) is 6.52. The first-order chi connectivity index (χ1) is 14.9. The van der Waals surface area contributed by atoms with Gasteiger partial charge in [0.05, 0.1) is 6.33 Å². The van der Waals surface area contributed by atoms with Crippen molar-refractivity contribution >= 4 is 28.1 Å². The van der Waals surface area contributed by atoms with Crippen LogP contribution in [0.4, 0.5) is 5.82 Å². The number of fused-ring (bicyclic) bond motifs is 2. The van der Waals surface area contributed by atoms with Crippen LogP contribution in [0.1, 0.15) is 38.4 Å². The third kappa shape index (κ3) is 3.60. The predicted molar refractivity (Wildman–Crippen MR) is 118 cm³/mol. The number of aryl methyl sites for hydroxylation is 4. The smallest absolute Gasteiger partial charge is 0.332 e. The Hall–Kier alpha value is -3.50. The lowest BCUT2D eigenvalue weighted by atomic mass is 10.2. The third-order valence-corrected chi connectivity index (χ3v) is 5.66. The molecule has 164 valence electrons. The summed E-state index contributed by atoms with van der Waals surface area (Å²) < 4.78 is 6.57. The lowest BCUT2D eigenvalue weighted by Gasteiger charge is -2.12. The van der Waals surface area contributed by atoms with Crippen molar-refractivity contribution in [2.45, 2.75) is 59.2 Å². The summed E-state index contributed by atoms with van der Waals surface area (Å²) in [5.74, 6) is 1.03. The maximum absolute atomic E-state index is 13.2. The molecule has 0 aliphatic carbocycles. The van der Waals surface area contributed by atoms with Crippen LogP contribution in [0.3, 0.4) is 0 Å². The molecule has 0 spiro atoms. The molecule has 0 aliphatic rings. The second kappa shape index (κ2) is 8.32. The van der Waals surface area contributed by atoms with Gasteiger partial charge in [0.25, 0.3) is 5.56 Å². The fourth-order valence-electron chi connectivity index (χ4n) is 3.85. The van der Waals surface area contributed by atoms with Crippen LogP contribution in [0, 0.1) is 6.92 Å². The van der Waals surface area contributed by atoms with Gasteiger partial charge in [-0.1, -0.05) is 19.8 Å². The molecule has 0 radical (unpaired) electrons. The SMILES string of the molecule is CCCCCn1c(=O)n(CCCn2cnc3c(N)ncnc32)c(=O)c2c1nc(C)n2C. The molecule has 11 heteroatoms. The molecule has 4 heterocycles. The number of hydrogen-bond donors (Lipinski definition) is 1. The molecule has 0 atom stereocenters. The fraction of sp³-hybridized carbons (Fsp3) is 0.500. The van der Waals surface area contributed by atoms with Crippen LogP contribution in [-0.2, 0) is 26.7 Å². The summed E-state index contributed by atoms with van der Waals surface area (Å²) in [6.45, 7) is 5.32. The first-order valence-electron chi connectivity index (χ1n) is 10.5. The Kier molecular flexibility index (Phi) is 5.57. The zero-order valence-corrected chi connectivity index (χ0v) is 18.1. The molecule has 4 aromatic heterocycles. The molecule has 0 unspecified atom stereocenters. The number of anilines is 1. The van der Waals surface area contributed by atoms with Crippen molar-refractivity contribution in [1.29, 1.82) is 0 Å². The highest BCUT2D eigenvalue weighted by Crippen LogP contribution is 2.15. The van der Waals surface area contributed by atoms with Gasteiger partial charge in [-0.15, -0.1) is 0 Å². The standard InChI is InChI=1S/C20H27N9O2/c1-4-5-6-9-28-18-15(26(3)13(2)25-18)19(30)29(20(28)31)10-7-8-27-12-24-14-16(21)22-11-23-17(14)27/h11-12H,4-10H2,1-3H3,(H2,21,22,23). The Morgan fingerprint density at radius 3 is 2.52 bits per heavy atom. The Labute approximate surface area is 178 Å². The summed E-state index contributed by atoms with van der Waals surface area (Å²) in [7, 11) is 1.80. The minimum atomic E-state index is -0.311. The van der Waals surface area contributed by atoms with Crippen molar-refractivity contribution in [1.82, 2.24) is 38.2 Å². The van der Waals surface area contributed by atoms with Gasteiger partial charge in [0.1, 0.15) is 17.7 Å². The summed E-state index contributed by atoms with van der Waals surface area (Å²) in [5.41, 5.74) is 7.33. The van der Waals surface area contributed by atoms with E-state index in [1.807, 2.05) is 11.5 Å². The van der Waals surface area contributed by atoms with Crippen molar-refractivity contribution in [3.63, 3.8) is 0 Å². The van der Waals surface area contributed by atoms with E-state index in [-0.39, 0.29) is 17.8 Å². The van der Waals surface area contributed by atoms with Crippen LogP contribution in [0.15, 0.2) is 22.2 Å². The molecule has 4 aromatic rings. The summed E-state index contributed by atoms with van der Waals surface area (Å²) in [6, 6.07) is 0. The lowest BCUT2D eigenvalue weighted by molar-refractivity contribution is 0.504. The van der Waals surface area contributed by atoms with Gasteiger partial charge < -0.3 is 14.9 Å². The van der Waals surface area contributed by atoms with E-state index < -0.39 is 0 Å². The Balaban J connectivity index is 1.66. The van der Waals surface area contributed by atoms with Crippen LogP contribution in [-0.4, -0.2) is 38.2 Å². The number of rotatable bonds is 8. The highest BCUT2D eigenvalue weighted by molar-refractivity contribution is 5.81. The van der Waals surface area contributed by atoms with Gasteiger partial charge in [-0.2, -0.15) is 0 Å². The number of aromatic nitrogens is 8. The quantitative estimate of drug-likeness (QED) is 0.420. The van der Waals surface area contributed by atoms with E-state index in [9.17, 15) is 9.59 Å². The number of hydrogen-bond acceptors (Lipinski definition) is 7. The van der Waals surface area contributed by atoms with Crippen molar-refractivity contribution in [2.24, 2.45) is 7.05 Å². The molecular weight excluding hydrogens is 398 g/mol. The molecule has 0 amide bonds. The molecule has 0 aromatic carbocycles. The second-order valence-corrected chi connectivity index (χ2v) is 7.71. The van der Waals surface area contributed by atoms with Crippen LogP contribution < -0.4 is 17.0 Å². The van der Waals surface area contributed by atoms with E-state index in [2.05, 4.69) is 26.9 Å². The molecule has 11 nitrogen and oxygen atoms in total. The Morgan fingerprint density at radius 2 is 1.74 bits per heavy atom. The first-order valence-corrected chi connectivity index (χ1v) is 10.5. The minimum Gasteiger partial charge on any atom is -0.382 e. The average molecular weight is 425 g/mol. The van der Waals surface area contributed by atoms with E-state index in [1.165, 1.54) is 10.9 Å². The molecule has 4 rings (SSSR count). The molecule has 0 saturated carbocycles. The Bertz CT molecular complexity index is 1360. The molecule has 0 fully saturated rings. The van der Waals surface area contributed by atoms with Crippen LogP contribution in [0.5, 0.6) is 0 Å². The van der Waals surface area contributed by atoms with Gasteiger partial charge in [0, 0.05) is 26.7 Å². The highest BCUT2D eigenvalue weighted by atomic mass is 16.2. The molecule has 2 N–H and O–H groups in total. The van der Waals surface area contributed by atoms with Crippen molar-refractivity contribution < 1.29 is 0 Å². The van der Waals surface area contributed by atoms with Crippen LogP contribution in [0.25, 0.3) is 22.3 Å². The molecule has 31 heavy (non-hydrogen) atoms. The van der Waals surface area contributed by atoms with Gasteiger partial charge >= 0.3 is 5.69 Å². The van der Waals surface area contributed by atoms with Crippen molar-refractivity contribution in [3.8, 4) is 0 Å². The molecule has 0 aliphatic heterocycles. The number of nitrogen functional groups attached to an aromatic ring is 1. The summed E-state index contributed by atoms with van der Waals surface area (Å²) in [4.78, 5) is 43.3. The lowest BCUT2D eigenvalue weighted by Crippen LogP contribution is -2.40. The predicted octanol–water partition coefficient (Wildman–Crippen LogP) is 1.21. The van der Waals surface area contributed by atoms with Crippen LogP contribution >= 0.6 is 0 Å². The highest BCUT2D eigenvalue weighted by Gasteiger charge is 2.18. The van der Waals surface area contributed by atoms with Gasteiger partial charge in [-0.3, -0.25) is 13.9 Å². The fourth-order valence-corrected chi connectivity index (χ4v) is 3.85. The van der Waals surface area contributed by atoms with Gasteiger partial charge in [-0.05, 0) is 19.8 Å². The second-order valence-electron chi connectivity index (χ2n) is 7.71. The maximum atomic E-state index is 13.2. The van der Waals surface area contributed by atoms with E-state index in [0.717, 1.165) is 19.3 Å². The zero-order chi connectivity index (χ0) is 22.1. The topological polar surface area (TPSA) is 131 Å². The number of unbranched alkanes of at least 4 members (excludes halogenated alkanes) is 2. The van der Waals surface area contributed by atoms with Gasteiger partial charge in [-0.25, -0.2) is 24.7 Å².